The Morgan fingerprint density at radius 2 is 1.08 bits per heavy atom. The number of esters is 1. The highest BCUT2D eigenvalue weighted by Gasteiger charge is 2.95. The maximum atomic E-state index is 13.9. The van der Waals surface area contributed by atoms with Gasteiger partial charge in [-0.25, -0.2) is 9.18 Å². The van der Waals surface area contributed by atoms with E-state index in [9.17, 15) is 89.5 Å². The van der Waals surface area contributed by atoms with Crippen molar-refractivity contribution in [3.05, 3.63) is 34.4 Å². The second-order valence-corrected chi connectivity index (χ2v) is 7.37. The largest absolute Gasteiger partial charge is 0.415 e. The molecule has 39 heavy (non-hydrogen) atoms. The number of hydrogen-bond acceptors (Lipinski definition) is 4. The molecule has 0 aliphatic heterocycles. The summed E-state index contributed by atoms with van der Waals surface area (Å²) >= 11 is 0. The fourth-order valence-corrected chi connectivity index (χ4v) is 2.43. The average Bonchev–Trinajstić information content (AvgIpc) is 2.77. The summed E-state index contributed by atoms with van der Waals surface area (Å²) in [5, 5.41) is 10.7. The van der Waals surface area contributed by atoms with Gasteiger partial charge in [0.2, 0.25) is 5.75 Å². The van der Waals surface area contributed by atoms with Crippen LogP contribution in [0, 0.1) is 10.1 Å². The van der Waals surface area contributed by atoms with Crippen molar-refractivity contribution in [2.45, 2.75) is 60.5 Å². The smallest absolute Gasteiger partial charge is 0.411 e. The molecule has 0 aliphatic rings. The van der Waals surface area contributed by atoms with Gasteiger partial charge in [-0.1, -0.05) is 12.1 Å². The summed E-state index contributed by atoms with van der Waals surface area (Å²) in [6.45, 7) is -0.716. The Hall–Kier alpha value is -3.10. The van der Waals surface area contributed by atoms with Gasteiger partial charge in [0.15, 0.2) is 6.17 Å². The Morgan fingerprint density at radius 3 is 1.46 bits per heavy atom. The van der Waals surface area contributed by atoms with Gasteiger partial charge in [0, 0.05) is 6.07 Å². The normalized spacial score (nSPS) is 15.6. The van der Waals surface area contributed by atoms with Crippen molar-refractivity contribution in [3.8, 4) is 5.75 Å². The van der Waals surface area contributed by atoms with Crippen molar-refractivity contribution in [2.75, 3.05) is 0 Å². The van der Waals surface area contributed by atoms with Gasteiger partial charge in [0.05, 0.1) is 4.92 Å². The number of nitro groups is 1. The van der Waals surface area contributed by atoms with Crippen LogP contribution in [0.25, 0.3) is 0 Å². The zero-order valence-corrected chi connectivity index (χ0v) is 17.9. The number of carbonyl (C=O) groups is 1. The average molecular weight is 613 g/mol. The Bertz CT molecular complexity index is 1100. The Kier molecular flexibility index (Phi) is 8.28. The summed E-state index contributed by atoms with van der Waals surface area (Å²) in [4.78, 5) is 20.5. The third-order valence-corrected chi connectivity index (χ3v) is 4.81. The minimum Gasteiger partial charge on any atom is -0.415 e. The van der Waals surface area contributed by atoms with E-state index in [4.69, 9.17) is 0 Å². The van der Waals surface area contributed by atoms with Crippen molar-refractivity contribution < 1.29 is 89.1 Å². The minimum absolute atomic E-state index is 0.167. The lowest BCUT2D eigenvalue weighted by Crippen LogP contribution is -2.75. The summed E-state index contributed by atoms with van der Waals surface area (Å²) in [5.41, 5.74) is -1.53. The number of nitrogens with zero attached hydrogens (tertiary/aromatic N) is 1. The first-order valence-corrected chi connectivity index (χ1v) is 9.14. The second kappa shape index (κ2) is 9.52. The predicted octanol–water partition coefficient (Wildman–Crippen LogP) is 6.94. The van der Waals surface area contributed by atoms with Gasteiger partial charge >= 0.3 is 59.0 Å². The topological polar surface area (TPSA) is 69.4 Å². The van der Waals surface area contributed by atoms with E-state index in [2.05, 4.69) is 4.74 Å². The fraction of sp³-hybridized carbons (Fsp3) is 0.588. The van der Waals surface area contributed by atoms with E-state index in [-0.39, 0.29) is 6.07 Å². The van der Waals surface area contributed by atoms with E-state index in [0.29, 0.717) is 12.1 Å². The SMILES string of the molecule is CC(F)C(F)(F)C(F)(F)C(F)(F)C(F)(F)C(F)(F)C(F)(F)C(F)(F)C(F)(F)C(=O)Oc1ccccc1[N+](=O)[O-]. The van der Waals surface area contributed by atoms with Crippen LogP contribution < -0.4 is 4.74 Å². The number of halogens is 17. The number of rotatable bonds is 11. The maximum Gasteiger partial charge on any atom is 0.411 e. The number of ether oxygens (including phenoxy) is 1. The molecule has 0 N–H and O–H groups in total. The summed E-state index contributed by atoms with van der Waals surface area (Å²) < 4.78 is 234. The van der Waals surface area contributed by atoms with Gasteiger partial charge in [-0.05, 0) is 13.0 Å². The first kappa shape index (κ1) is 33.9. The Balaban J connectivity index is 3.66. The van der Waals surface area contributed by atoms with Gasteiger partial charge < -0.3 is 4.74 Å². The summed E-state index contributed by atoms with van der Waals surface area (Å²) in [6.07, 6.45) is -4.59. The number of hydrogen-bond donors (Lipinski definition) is 0. The molecule has 5 nitrogen and oxygen atoms in total. The van der Waals surface area contributed by atoms with E-state index in [1.54, 1.807) is 0 Å². The summed E-state index contributed by atoms with van der Waals surface area (Å²) in [6, 6.07) is 1.81. The number of alkyl halides is 17. The number of benzene rings is 1. The van der Waals surface area contributed by atoms with E-state index in [0.717, 1.165) is 6.07 Å². The number of para-hydroxylation sites is 2. The fourth-order valence-electron chi connectivity index (χ4n) is 2.43. The quantitative estimate of drug-likeness (QED) is 0.0892. The van der Waals surface area contributed by atoms with Gasteiger partial charge in [-0.2, -0.15) is 70.2 Å². The van der Waals surface area contributed by atoms with Crippen LogP contribution in [0.2, 0.25) is 0 Å². The summed E-state index contributed by atoms with van der Waals surface area (Å²) in [7, 11) is 0. The highest BCUT2D eigenvalue weighted by atomic mass is 19.4. The van der Waals surface area contributed by atoms with Crippen LogP contribution in [0.3, 0.4) is 0 Å². The molecule has 1 rings (SSSR count). The highest BCUT2D eigenvalue weighted by Crippen LogP contribution is 2.64. The lowest BCUT2D eigenvalue weighted by molar-refractivity contribution is -0.453. The standard InChI is InChI=1S/C17H8F17NO4/c1-6(18)10(19,20)12(23,24)14(27,28)16(31,32)17(33,34)15(29,30)13(25,26)11(21,22)9(36)39-8-5-3-2-4-7(8)35(37)38/h2-6H,1H3. The third kappa shape index (κ3) is 4.57. The van der Waals surface area contributed by atoms with Crippen molar-refractivity contribution in [1.82, 2.24) is 0 Å². The molecular formula is C17H8F17NO4. The first-order chi connectivity index (χ1) is 17.0. The summed E-state index contributed by atoms with van der Waals surface area (Å²) in [5.74, 6) is -71.7. The van der Waals surface area contributed by atoms with Crippen LogP contribution in [0.5, 0.6) is 5.75 Å². The lowest BCUT2D eigenvalue weighted by atomic mass is 9.87. The molecule has 1 unspecified atom stereocenters. The molecule has 224 valence electrons. The molecule has 0 amide bonds. The monoisotopic (exact) mass is 613 g/mol. The van der Waals surface area contributed by atoms with Gasteiger partial charge in [-0.15, -0.1) is 0 Å². The molecular weight excluding hydrogens is 605 g/mol. The zero-order valence-electron chi connectivity index (χ0n) is 17.9. The Morgan fingerprint density at radius 1 is 0.718 bits per heavy atom. The highest BCUT2D eigenvalue weighted by molar-refractivity contribution is 5.82. The molecule has 0 saturated heterocycles. The molecule has 0 bridgehead atoms. The van der Waals surface area contributed by atoms with E-state index in [1.165, 1.54) is 0 Å². The zero-order chi connectivity index (χ0) is 31.4. The minimum atomic E-state index is -8.84. The van der Waals surface area contributed by atoms with Crippen LogP contribution in [-0.4, -0.2) is 64.4 Å². The van der Waals surface area contributed by atoms with Crippen LogP contribution in [0.4, 0.5) is 80.3 Å². The number of carbonyl (C=O) groups excluding carboxylic acids is 1. The first-order valence-electron chi connectivity index (χ1n) is 9.14. The third-order valence-electron chi connectivity index (χ3n) is 4.81. The molecule has 0 radical (unpaired) electrons. The molecule has 22 heteroatoms. The second-order valence-electron chi connectivity index (χ2n) is 7.37. The van der Waals surface area contributed by atoms with Crippen LogP contribution in [0.1, 0.15) is 6.92 Å². The molecule has 1 atom stereocenters. The molecule has 0 heterocycles. The molecule has 0 aliphatic carbocycles. The van der Waals surface area contributed by atoms with Crippen molar-refractivity contribution >= 4 is 11.7 Å². The molecule has 0 fully saturated rings. The van der Waals surface area contributed by atoms with Gasteiger partial charge in [0.1, 0.15) is 0 Å². The van der Waals surface area contributed by atoms with Gasteiger partial charge in [-0.3, -0.25) is 10.1 Å². The molecule has 1 aromatic carbocycles. The molecule has 0 spiro atoms. The van der Waals surface area contributed by atoms with Crippen LogP contribution in [0.15, 0.2) is 24.3 Å². The maximum absolute atomic E-state index is 13.9. The number of nitro benzene ring substituents is 1. The molecule has 0 aromatic heterocycles. The van der Waals surface area contributed by atoms with E-state index >= 15 is 0 Å². The van der Waals surface area contributed by atoms with Crippen molar-refractivity contribution in [2.24, 2.45) is 0 Å². The van der Waals surface area contributed by atoms with Gasteiger partial charge in [0.25, 0.3) is 0 Å². The molecule has 1 aromatic rings. The lowest BCUT2D eigenvalue weighted by Gasteiger charge is -2.43. The van der Waals surface area contributed by atoms with Crippen molar-refractivity contribution in [1.29, 1.82) is 0 Å². The molecule has 0 saturated carbocycles. The van der Waals surface area contributed by atoms with Crippen molar-refractivity contribution in [3.63, 3.8) is 0 Å². The van der Waals surface area contributed by atoms with E-state index < -0.39 is 82.8 Å². The Labute approximate surface area is 202 Å². The predicted molar refractivity (Wildman–Crippen MR) is 88.9 cm³/mol. The van der Waals surface area contributed by atoms with Crippen LogP contribution in [-0.2, 0) is 4.79 Å². The van der Waals surface area contributed by atoms with E-state index in [1.807, 2.05) is 0 Å². The van der Waals surface area contributed by atoms with Crippen LogP contribution >= 0.6 is 0 Å².